The molecule has 26 heavy (non-hydrogen) atoms. The largest absolute Gasteiger partial charge is 0.309 e. The fourth-order valence-corrected chi connectivity index (χ4v) is 3.34. The SMILES string of the molecule is O=Nc1c(CN=NC2CCCCCC2)ccn(Cc2ccccc2)c1=O. The quantitative estimate of drug-likeness (QED) is 0.418. The first-order valence-corrected chi connectivity index (χ1v) is 9.24. The first-order chi connectivity index (χ1) is 12.8. The number of azo groups is 1. The van der Waals surface area contributed by atoms with Crippen LogP contribution in [0.25, 0.3) is 0 Å². The van der Waals surface area contributed by atoms with Crippen molar-refractivity contribution in [2.24, 2.45) is 15.4 Å². The van der Waals surface area contributed by atoms with E-state index in [1.54, 1.807) is 12.3 Å². The molecule has 1 fully saturated rings. The first kappa shape index (κ1) is 18.2. The molecule has 1 aliphatic carbocycles. The molecule has 6 heteroatoms. The van der Waals surface area contributed by atoms with E-state index in [1.807, 2.05) is 30.3 Å². The summed E-state index contributed by atoms with van der Waals surface area (Å²) in [5.74, 6) is 0. The third-order valence-electron chi connectivity index (χ3n) is 4.82. The van der Waals surface area contributed by atoms with Gasteiger partial charge in [-0.1, -0.05) is 56.0 Å². The second-order valence-electron chi connectivity index (χ2n) is 6.76. The predicted molar refractivity (Wildman–Crippen MR) is 102 cm³/mol. The lowest BCUT2D eigenvalue weighted by molar-refractivity contribution is 0.551. The van der Waals surface area contributed by atoms with Gasteiger partial charge in [0.15, 0.2) is 5.69 Å². The number of benzene rings is 1. The molecule has 3 rings (SSSR count). The van der Waals surface area contributed by atoms with Crippen LogP contribution in [0.2, 0.25) is 0 Å². The average Bonchev–Trinajstić information content (AvgIpc) is 2.94. The zero-order valence-electron chi connectivity index (χ0n) is 14.9. The summed E-state index contributed by atoms with van der Waals surface area (Å²) in [6.45, 7) is 0.630. The third-order valence-corrected chi connectivity index (χ3v) is 4.82. The van der Waals surface area contributed by atoms with Crippen molar-refractivity contribution in [1.29, 1.82) is 0 Å². The molecule has 136 valence electrons. The van der Waals surface area contributed by atoms with Crippen molar-refractivity contribution in [3.8, 4) is 0 Å². The smallest absolute Gasteiger partial charge is 0.280 e. The highest BCUT2D eigenvalue weighted by molar-refractivity contribution is 5.43. The van der Waals surface area contributed by atoms with Crippen LogP contribution in [0.15, 0.2) is 62.8 Å². The van der Waals surface area contributed by atoms with Crippen molar-refractivity contribution in [3.05, 3.63) is 69.0 Å². The van der Waals surface area contributed by atoms with Crippen LogP contribution < -0.4 is 5.56 Å². The Labute approximate surface area is 152 Å². The summed E-state index contributed by atoms with van der Waals surface area (Å²) in [5.41, 5.74) is 1.08. The predicted octanol–water partition coefficient (Wildman–Crippen LogP) is 4.97. The van der Waals surface area contributed by atoms with Crippen molar-refractivity contribution < 1.29 is 0 Å². The summed E-state index contributed by atoms with van der Waals surface area (Å²) in [7, 11) is 0. The molecule has 0 spiro atoms. The van der Waals surface area contributed by atoms with Crippen LogP contribution in [-0.2, 0) is 13.1 Å². The van der Waals surface area contributed by atoms with Crippen LogP contribution >= 0.6 is 0 Å². The monoisotopic (exact) mass is 352 g/mol. The molecule has 0 saturated heterocycles. The van der Waals surface area contributed by atoms with Gasteiger partial charge in [-0.15, -0.1) is 4.91 Å². The molecule has 0 N–H and O–H groups in total. The van der Waals surface area contributed by atoms with E-state index < -0.39 is 0 Å². The molecule has 6 nitrogen and oxygen atoms in total. The number of hydrogen-bond donors (Lipinski definition) is 0. The van der Waals surface area contributed by atoms with Crippen LogP contribution in [0.1, 0.15) is 49.7 Å². The summed E-state index contributed by atoms with van der Waals surface area (Å²) in [4.78, 5) is 23.8. The minimum absolute atomic E-state index is 0.0664. The highest BCUT2D eigenvalue weighted by Gasteiger charge is 2.13. The Bertz CT molecular complexity index is 806. The van der Waals surface area contributed by atoms with Crippen molar-refractivity contribution >= 4 is 5.69 Å². The second kappa shape index (κ2) is 9.17. The van der Waals surface area contributed by atoms with E-state index >= 15 is 0 Å². The van der Waals surface area contributed by atoms with E-state index in [0.717, 1.165) is 18.4 Å². The Morgan fingerprint density at radius 1 is 1.00 bits per heavy atom. The fourth-order valence-electron chi connectivity index (χ4n) is 3.34. The van der Waals surface area contributed by atoms with Crippen LogP contribution in [0.4, 0.5) is 5.69 Å². The van der Waals surface area contributed by atoms with Crippen molar-refractivity contribution in [2.45, 2.75) is 57.7 Å². The Balaban J connectivity index is 1.72. The van der Waals surface area contributed by atoms with Crippen LogP contribution in [0.3, 0.4) is 0 Å². The van der Waals surface area contributed by atoms with Crippen molar-refractivity contribution in [1.82, 2.24) is 4.57 Å². The second-order valence-corrected chi connectivity index (χ2v) is 6.76. The normalized spacial score (nSPS) is 15.8. The summed E-state index contributed by atoms with van der Waals surface area (Å²) in [6.07, 6.45) is 8.76. The summed E-state index contributed by atoms with van der Waals surface area (Å²) < 4.78 is 1.50. The third kappa shape index (κ3) is 4.71. The number of hydrogen-bond acceptors (Lipinski definition) is 5. The lowest BCUT2D eigenvalue weighted by Crippen LogP contribution is -2.20. The molecule has 0 atom stereocenters. The van der Waals surface area contributed by atoms with Gasteiger partial charge in [-0.3, -0.25) is 4.79 Å². The minimum Gasteiger partial charge on any atom is -0.309 e. The van der Waals surface area contributed by atoms with E-state index in [4.69, 9.17) is 0 Å². The lowest BCUT2D eigenvalue weighted by Gasteiger charge is -2.09. The number of nitrogens with zero attached hydrogens (tertiary/aromatic N) is 4. The molecule has 0 aliphatic heterocycles. The van der Waals surface area contributed by atoms with E-state index in [2.05, 4.69) is 15.4 Å². The fraction of sp³-hybridized carbons (Fsp3) is 0.450. The molecule has 1 aliphatic rings. The molecule has 0 amide bonds. The Morgan fingerprint density at radius 3 is 2.42 bits per heavy atom. The Morgan fingerprint density at radius 2 is 1.73 bits per heavy atom. The molecule has 0 radical (unpaired) electrons. The molecule has 1 saturated carbocycles. The number of pyridine rings is 1. The zero-order chi connectivity index (χ0) is 18.2. The van der Waals surface area contributed by atoms with Crippen LogP contribution in [-0.4, -0.2) is 10.6 Å². The molecule has 1 heterocycles. The Kier molecular flexibility index (Phi) is 6.41. The highest BCUT2D eigenvalue weighted by atomic mass is 16.3. The van der Waals surface area contributed by atoms with Crippen molar-refractivity contribution in [2.75, 3.05) is 0 Å². The van der Waals surface area contributed by atoms with Gasteiger partial charge in [0.05, 0.1) is 19.1 Å². The number of aromatic nitrogens is 1. The maximum absolute atomic E-state index is 12.5. The van der Waals surface area contributed by atoms with Gasteiger partial charge < -0.3 is 4.57 Å². The minimum atomic E-state index is -0.383. The molecule has 1 aromatic carbocycles. The van der Waals surface area contributed by atoms with Gasteiger partial charge in [-0.2, -0.15) is 10.2 Å². The highest BCUT2D eigenvalue weighted by Crippen LogP contribution is 2.21. The van der Waals surface area contributed by atoms with E-state index in [9.17, 15) is 9.70 Å². The van der Waals surface area contributed by atoms with Crippen molar-refractivity contribution in [3.63, 3.8) is 0 Å². The number of nitroso groups, excluding NO2 is 1. The maximum Gasteiger partial charge on any atom is 0.280 e. The van der Waals surface area contributed by atoms with Gasteiger partial charge in [-0.05, 0) is 29.6 Å². The molecule has 1 aromatic heterocycles. The van der Waals surface area contributed by atoms with E-state index in [1.165, 1.54) is 30.3 Å². The van der Waals surface area contributed by atoms with Gasteiger partial charge in [0, 0.05) is 11.8 Å². The number of rotatable bonds is 6. The van der Waals surface area contributed by atoms with E-state index in [0.29, 0.717) is 12.1 Å². The Hall–Kier alpha value is -2.63. The topological polar surface area (TPSA) is 76.2 Å². The van der Waals surface area contributed by atoms with E-state index in [-0.39, 0.29) is 23.8 Å². The average molecular weight is 352 g/mol. The van der Waals surface area contributed by atoms with Gasteiger partial charge in [0.2, 0.25) is 0 Å². The van der Waals surface area contributed by atoms with Gasteiger partial charge in [-0.25, -0.2) is 0 Å². The molecular weight excluding hydrogens is 328 g/mol. The molecule has 2 aromatic rings. The van der Waals surface area contributed by atoms with Crippen LogP contribution in [0.5, 0.6) is 0 Å². The molecule has 0 bridgehead atoms. The maximum atomic E-state index is 12.5. The van der Waals surface area contributed by atoms with Gasteiger partial charge in [0.25, 0.3) is 5.56 Å². The standard InChI is InChI=1S/C20H24N4O2/c25-20-19(23-26)17(14-21-22-18-10-6-1-2-7-11-18)12-13-24(20)15-16-8-4-3-5-9-16/h3-5,8-9,12-13,18H,1-2,6-7,10-11,14-15H2. The van der Waals surface area contributed by atoms with Gasteiger partial charge in [0.1, 0.15) is 0 Å². The zero-order valence-corrected chi connectivity index (χ0v) is 14.9. The molecule has 0 unspecified atom stereocenters. The summed E-state index contributed by atoms with van der Waals surface area (Å²) >= 11 is 0. The van der Waals surface area contributed by atoms with Gasteiger partial charge >= 0.3 is 0 Å². The molecular formula is C20H24N4O2. The van der Waals surface area contributed by atoms with Crippen LogP contribution in [0, 0.1) is 4.91 Å². The lowest BCUT2D eigenvalue weighted by atomic mass is 10.1. The first-order valence-electron chi connectivity index (χ1n) is 9.24. The summed E-state index contributed by atoms with van der Waals surface area (Å²) in [5, 5.41) is 11.6. The summed E-state index contributed by atoms with van der Waals surface area (Å²) in [6, 6.07) is 11.7.